The number of hydrogen-bond donors (Lipinski definition) is 1. The highest BCUT2D eigenvalue weighted by atomic mass is 16.5. The van der Waals surface area contributed by atoms with Crippen LogP contribution in [0.25, 0.3) is 0 Å². The van der Waals surface area contributed by atoms with Crippen LogP contribution < -0.4 is 14.5 Å². The summed E-state index contributed by atoms with van der Waals surface area (Å²) < 4.78 is 11.5. The van der Waals surface area contributed by atoms with E-state index in [0.29, 0.717) is 33.9 Å². The number of hydrogen-bond acceptors (Lipinski definition) is 4. The molecular weight excluding hydrogens is 330 g/mol. The Morgan fingerprint density at radius 2 is 1.77 bits per heavy atom. The molecule has 26 heavy (non-hydrogen) atoms. The molecule has 2 aromatic carbocycles. The highest BCUT2D eigenvalue weighted by Crippen LogP contribution is 2.42. The van der Waals surface area contributed by atoms with E-state index < -0.39 is 0 Å². The van der Waals surface area contributed by atoms with Gasteiger partial charge in [-0.3, -0.25) is 9.59 Å². The van der Waals surface area contributed by atoms with Crippen LogP contribution in [0.4, 0.5) is 5.69 Å². The normalized spacial score (nSPS) is 19.0. The fourth-order valence-corrected chi connectivity index (χ4v) is 3.63. The second-order valence-electron chi connectivity index (χ2n) is 6.27. The SMILES string of the molecule is COc1cc2c(c3c1C(=O)c1ccccc1C3=O)[NH+]=C1C=CC=CC1O2. The molecule has 5 heteroatoms. The van der Waals surface area contributed by atoms with E-state index in [2.05, 4.69) is 4.99 Å². The fourth-order valence-electron chi connectivity index (χ4n) is 3.63. The second-order valence-corrected chi connectivity index (χ2v) is 6.27. The Labute approximate surface area is 149 Å². The van der Waals surface area contributed by atoms with E-state index in [1.807, 2.05) is 24.3 Å². The number of ether oxygens (including phenoxy) is 2. The van der Waals surface area contributed by atoms with Gasteiger partial charge < -0.3 is 9.47 Å². The molecule has 0 spiro atoms. The largest absolute Gasteiger partial charge is 0.496 e. The lowest BCUT2D eigenvalue weighted by molar-refractivity contribution is -0.362. The number of nitrogens with one attached hydrogen (secondary N) is 1. The summed E-state index contributed by atoms with van der Waals surface area (Å²) in [6, 6.07) is 8.52. The molecule has 0 saturated heterocycles. The van der Waals surface area contributed by atoms with Crippen LogP contribution in [0.15, 0.2) is 54.6 Å². The van der Waals surface area contributed by atoms with E-state index in [-0.39, 0.29) is 23.2 Å². The van der Waals surface area contributed by atoms with Crippen LogP contribution in [0.5, 0.6) is 11.5 Å². The third kappa shape index (κ3) is 1.88. The van der Waals surface area contributed by atoms with Crippen molar-refractivity contribution < 1.29 is 24.1 Å². The summed E-state index contributed by atoms with van der Waals surface area (Å²) in [4.78, 5) is 29.6. The average Bonchev–Trinajstić information content (AvgIpc) is 2.69. The molecule has 0 fully saturated rings. The lowest BCUT2D eigenvalue weighted by Crippen LogP contribution is -2.72. The van der Waals surface area contributed by atoms with Crippen molar-refractivity contribution in [3.63, 3.8) is 0 Å². The van der Waals surface area contributed by atoms with Crippen LogP contribution in [-0.4, -0.2) is 30.5 Å². The molecule has 0 aromatic heterocycles. The molecule has 3 aliphatic rings. The molecule has 0 amide bonds. The highest BCUT2D eigenvalue weighted by Gasteiger charge is 2.41. The van der Waals surface area contributed by atoms with Gasteiger partial charge in [0.05, 0.1) is 12.7 Å². The van der Waals surface area contributed by atoms with Gasteiger partial charge in [0.15, 0.2) is 11.5 Å². The van der Waals surface area contributed by atoms with Crippen LogP contribution in [0.1, 0.15) is 31.8 Å². The average molecular weight is 344 g/mol. The minimum absolute atomic E-state index is 0.212. The number of ketones is 2. The molecule has 0 saturated carbocycles. The van der Waals surface area contributed by atoms with E-state index in [1.54, 1.807) is 30.3 Å². The van der Waals surface area contributed by atoms with Crippen LogP contribution in [0, 0.1) is 0 Å². The number of carbonyl (C=O) groups is 2. The third-order valence-electron chi connectivity index (χ3n) is 4.85. The van der Waals surface area contributed by atoms with Crippen LogP contribution in [0.3, 0.4) is 0 Å². The fraction of sp³-hybridized carbons (Fsp3) is 0.0952. The van der Waals surface area contributed by atoms with Gasteiger partial charge >= 0.3 is 0 Å². The van der Waals surface area contributed by atoms with Crippen molar-refractivity contribution in [3.05, 3.63) is 76.9 Å². The van der Waals surface area contributed by atoms with Crippen molar-refractivity contribution >= 4 is 23.0 Å². The molecule has 1 N–H and O–H groups in total. The van der Waals surface area contributed by atoms with Crippen LogP contribution in [-0.2, 0) is 0 Å². The van der Waals surface area contributed by atoms with Crippen molar-refractivity contribution in [1.29, 1.82) is 0 Å². The summed E-state index contributed by atoms with van der Waals surface area (Å²) in [5.41, 5.74) is 2.71. The van der Waals surface area contributed by atoms with Gasteiger partial charge in [-0.2, -0.15) is 0 Å². The number of fused-ring (bicyclic) bond motifs is 5. The molecule has 0 bridgehead atoms. The Kier molecular flexibility index (Phi) is 3.00. The van der Waals surface area contributed by atoms with Gasteiger partial charge in [0.1, 0.15) is 11.3 Å². The van der Waals surface area contributed by atoms with Crippen LogP contribution in [0.2, 0.25) is 0 Å². The molecular formula is C21H14NO4+. The third-order valence-corrected chi connectivity index (χ3v) is 4.85. The first-order valence-corrected chi connectivity index (χ1v) is 8.28. The standard InChI is InChI=1S/C21H13NO4/c1-25-15-10-16-19(22-13-8-4-5-9-14(13)26-16)18-17(15)20(23)11-6-2-3-7-12(11)21(18)24/h2-10,14H,1H3/p+1. The van der Waals surface area contributed by atoms with Gasteiger partial charge in [-0.25, -0.2) is 4.99 Å². The molecule has 0 radical (unpaired) electrons. The summed E-state index contributed by atoms with van der Waals surface area (Å²) in [6.07, 6.45) is 7.36. The Bertz CT molecular complexity index is 1090. The van der Waals surface area contributed by atoms with Crippen molar-refractivity contribution in [2.24, 2.45) is 0 Å². The monoisotopic (exact) mass is 344 g/mol. The Balaban J connectivity index is 1.83. The maximum Gasteiger partial charge on any atom is 0.258 e. The van der Waals surface area contributed by atoms with E-state index in [1.165, 1.54) is 7.11 Å². The van der Waals surface area contributed by atoms with Gasteiger partial charge in [-0.15, -0.1) is 0 Å². The summed E-state index contributed by atoms with van der Waals surface area (Å²) in [6.45, 7) is 0. The quantitative estimate of drug-likeness (QED) is 0.727. The summed E-state index contributed by atoms with van der Waals surface area (Å²) in [5, 5.41) is 0. The van der Waals surface area contributed by atoms with Crippen molar-refractivity contribution in [2.75, 3.05) is 7.11 Å². The smallest absolute Gasteiger partial charge is 0.258 e. The van der Waals surface area contributed by atoms with Gasteiger partial charge in [-0.1, -0.05) is 36.4 Å². The first-order valence-electron chi connectivity index (χ1n) is 8.28. The van der Waals surface area contributed by atoms with Crippen molar-refractivity contribution in [3.8, 4) is 11.5 Å². The molecule has 1 aliphatic heterocycles. The molecule has 1 atom stereocenters. The number of rotatable bonds is 1. The Morgan fingerprint density at radius 3 is 2.50 bits per heavy atom. The summed E-state index contributed by atoms with van der Waals surface area (Å²) in [5.74, 6) is 0.403. The lowest BCUT2D eigenvalue weighted by atomic mass is 9.82. The van der Waals surface area contributed by atoms with Crippen LogP contribution >= 0.6 is 0 Å². The summed E-state index contributed by atoms with van der Waals surface area (Å²) in [7, 11) is 1.48. The molecule has 2 aromatic rings. The maximum absolute atomic E-state index is 13.2. The number of methoxy groups -OCH3 is 1. The number of allylic oxidation sites excluding steroid dienone is 2. The highest BCUT2D eigenvalue weighted by molar-refractivity contribution is 6.31. The van der Waals surface area contributed by atoms with E-state index in [4.69, 9.17) is 9.47 Å². The van der Waals surface area contributed by atoms with Gasteiger partial charge in [-0.05, 0) is 6.08 Å². The van der Waals surface area contributed by atoms with Gasteiger partial charge in [0.2, 0.25) is 17.6 Å². The predicted octanol–water partition coefficient (Wildman–Crippen LogP) is 1.51. The number of benzene rings is 2. The molecule has 5 rings (SSSR count). The van der Waals surface area contributed by atoms with E-state index in [9.17, 15) is 9.59 Å². The lowest BCUT2D eigenvalue weighted by Gasteiger charge is -2.24. The van der Waals surface area contributed by atoms with Crippen molar-refractivity contribution in [1.82, 2.24) is 0 Å². The Hall–Kier alpha value is -3.47. The van der Waals surface area contributed by atoms with Gasteiger partial charge in [0, 0.05) is 23.3 Å². The molecule has 1 heterocycles. The zero-order valence-electron chi connectivity index (χ0n) is 13.9. The van der Waals surface area contributed by atoms with Crippen molar-refractivity contribution in [2.45, 2.75) is 6.10 Å². The second kappa shape index (κ2) is 5.26. The zero-order chi connectivity index (χ0) is 17.8. The van der Waals surface area contributed by atoms with Gasteiger partial charge in [0.25, 0.3) is 5.69 Å². The molecule has 2 aliphatic carbocycles. The zero-order valence-corrected chi connectivity index (χ0v) is 13.9. The minimum atomic E-state index is -0.253. The molecule has 1 unspecified atom stereocenters. The number of carbonyl (C=O) groups excluding carboxylic acids is 2. The molecule has 126 valence electrons. The van der Waals surface area contributed by atoms with E-state index in [0.717, 1.165) is 5.71 Å². The minimum Gasteiger partial charge on any atom is -0.496 e. The first kappa shape index (κ1) is 14.8. The maximum atomic E-state index is 13.2. The topological polar surface area (TPSA) is 66.6 Å². The predicted molar refractivity (Wildman–Crippen MR) is 94.6 cm³/mol. The Morgan fingerprint density at radius 1 is 1.04 bits per heavy atom. The van der Waals surface area contributed by atoms with E-state index >= 15 is 0 Å². The first-order chi connectivity index (χ1) is 12.7. The molecule has 5 nitrogen and oxygen atoms in total. The summed E-state index contributed by atoms with van der Waals surface area (Å²) >= 11 is 0.